The van der Waals surface area contributed by atoms with Gasteiger partial charge in [-0.15, -0.1) is 0 Å². The number of carbonyl (C=O) groups is 1. The number of halogens is 1. The maximum Gasteiger partial charge on any atom is 0.335 e. The second-order valence-electron chi connectivity index (χ2n) is 4.08. The summed E-state index contributed by atoms with van der Waals surface area (Å²) in [6, 6.07) is 14.4. The van der Waals surface area contributed by atoms with E-state index in [1.807, 2.05) is 24.3 Å². The Kier molecular flexibility index (Phi) is 5.23. The van der Waals surface area contributed by atoms with Gasteiger partial charge >= 0.3 is 5.97 Å². The molecule has 4 nitrogen and oxygen atoms in total. The second kappa shape index (κ2) is 7.14. The number of carboxylic acid groups (broad SMARTS) is 1. The summed E-state index contributed by atoms with van der Waals surface area (Å²) in [5, 5.41) is 12.1. The monoisotopic (exact) mass is 383 g/mol. The molecule has 0 aliphatic rings. The number of rotatable bonds is 6. The van der Waals surface area contributed by atoms with Gasteiger partial charge in [-0.1, -0.05) is 12.1 Å². The number of anilines is 1. The molecule has 0 amide bonds. The molecule has 0 radical (unpaired) electrons. The summed E-state index contributed by atoms with van der Waals surface area (Å²) in [5.41, 5.74) is 1.34. The van der Waals surface area contributed by atoms with E-state index in [1.165, 1.54) is 12.1 Å². The summed E-state index contributed by atoms with van der Waals surface area (Å²) in [6.45, 7) is 1.19. The Labute approximate surface area is 130 Å². The van der Waals surface area contributed by atoms with Crippen molar-refractivity contribution in [2.75, 3.05) is 18.5 Å². The lowest BCUT2D eigenvalue weighted by Gasteiger charge is -2.10. The molecule has 0 saturated heterocycles. The molecule has 0 aliphatic carbocycles. The van der Waals surface area contributed by atoms with Gasteiger partial charge in [-0.25, -0.2) is 4.79 Å². The maximum atomic E-state index is 10.7. The molecule has 0 aromatic heterocycles. The lowest BCUT2D eigenvalue weighted by Crippen LogP contribution is -2.12. The first kappa shape index (κ1) is 14.6. The van der Waals surface area contributed by atoms with Crippen LogP contribution in [0, 0.1) is 3.57 Å². The lowest BCUT2D eigenvalue weighted by atomic mass is 10.2. The van der Waals surface area contributed by atoms with Crippen molar-refractivity contribution in [3.63, 3.8) is 0 Å². The fourth-order valence-corrected chi connectivity index (χ4v) is 2.23. The summed E-state index contributed by atoms with van der Waals surface area (Å²) >= 11 is 2.27. The summed E-state index contributed by atoms with van der Waals surface area (Å²) in [4.78, 5) is 10.7. The zero-order valence-electron chi connectivity index (χ0n) is 10.7. The van der Waals surface area contributed by atoms with Crippen LogP contribution in [0.15, 0.2) is 48.5 Å². The van der Waals surface area contributed by atoms with Crippen molar-refractivity contribution in [2.45, 2.75) is 0 Å². The Bertz CT molecular complexity index is 584. The highest BCUT2D eigenvalue weighted by Gasteiger charge is 2.02. The van der Waals surface area contributed by atoms with Crippen LogP contribution < -0.4 is 10.1 Å². The van der Waals surface area contributed by atoms with Crippen LogP contribution in [0.4, 0.5) is 5.69 Å². The van der Waals surface area contributed by atoms with Gasteiger partial charge in [0.05, 0.1) is 5.56 Å². The SMILES string of the molecule is O=C(O)c1ccc(OCCNc2ccccc2I)cc1. The van der Waals surface area contributed by atoms with Gasteiger partial charge in [0.1, 0.15) is 12.4 Å². The van der Waals surface area contributed by atoms with Crippen molar-refractivity contribution in [2.24, 2.45) is 0 Å². The Morgan fingerprint density at radius 1 is 1.15 bits per heavy atom. The molecule has 0 bridgehead atoms. The van der Waals surface area contributed by atoms with Crippen LogP contribution in [0.1, 0.15) is 10.4 Å². The molecule has 0 atom stereocenters. The molecule has 2 N–H and O–H groups in total. The molecule has 0 fully saturated rings. The molecule has 0 spiro atoms. The zero-order valence-corrected chi connectivity index (χ0v) is 12.8. The smallest absolute Gasteiger partial charge is 0.335 e. The predicted octanol–water partition coefficient (Wildman–Crippen LogP) is 3.48. The van der Waals surface area contributed by atoms with E-state index < -0.39 is 5.97 Å². The fraction of sp³-hybridized carbons (Fsp3) is 0.133. The summed E-state index contributed by atoms with van der Waals surface area (Å²) in [7, 11) is 0. The van der Waals surface area contributed by atoms with Gasteiger partial charge in [-0.3, -0.25) is 0 Å². The molecule has 20 heavy (non-hydrogen) atoms. The van der Waals surface area contributed by atoms with Gasteiger partial charge in [-0.05, 0) is 59.0 Å². The first-order valence-electron chi connectivity index (χ1n) is 6.11. The van der Waals surface area contributed by atoms with Crippen LogP contribution in [0.2, 0.25) is 0 Å². The summed E-state index contributed by atoms with van der Waals surface area (Å²) < 4.78 is 6.71. The molecule has 104 valence electrons. The average molecular weight is 383 g/mol. The van der Waals surface area contributed by atoms with Gasteiger partial charge in [-0.2, -0.15) is 0 Å². The van der Waals surface area contributed by atoms with E-state index in [-0.39, 0.29) is 5.56 Å². The molecular weight excluding hydrogens is 369 g/mol. The van der Waals surface area contributed by atoms with Gasteiger partial charge in [0, 0.05) is 15.8 Å². The van der Waals surface area contributed by atoms with Gasteiger partial charge in [0.2, 0.25) is 0 Å². The number of benzene rings is 2. The highest BCUT2D eigenvalue weighted by atomic mass is 127. The highest BCUT2D eigenvalue weighted by molar-refractivity contribution is 14.1. The van der Waals surface area contributed by atoms with Crippen LogP contribution in [-0.4, -0.2) is 24.2 Å². The molecule has 2 aromatic carbocycles. The van der Waals surface area contributed by atoms with Crippen molar-refractivity contribution in [1.82, 2.24) is 0 Å². The zero-order chi connectivity index (χ0) is 14.4. The number of hydrogen-bond donors (Lipinski definition) is 2. The number of carboxylic acids is 1. The van der Waals surface area contributed by atoms with Gasteiger partial charge in [0.25, 0.3) is 0 Å². The number of aromatic carboxylic acids is 1. The van der Waals surface area contributed by atoms with Crippen molar-refractivity contribution in [1.29, 1.82) is 0 Å². The van der Waals surface area contributed by atoms with E-state index in [1.54, 1.807) is 12.1 Å². The number of nitrogens with one attached hydrogen (secondary N) is 1. The lowest BCUT2D eigenvalue weighted by molar-refractivity contribution is 0.0697. The van der Waals surface area contributed by atoms with Crippen LogP contribution in [-0.2, 0) is 0 Å². The van der Waals surface area contributed by atoms with Gasteiger partial charge in [0.15, 0.2) is 0 Å². The highest BCUT2D eigenvalue weighted by Crippen LogP contribution is 2.16. The van der Waals surface area contributed by atoms with Crippen molar-refractivity contribution >= 4 is 34.2 Å². The van der Waals surface area contributed by atoms with Crippen molar-refractivity contribution in [3.05, 3.63) is 57.7 Å². The Morgan fingerprint density at radius 3 is 2.50 bits per heavy atom. The van der Waals surface area contributed by atoms with Crippen molar-refractivity contribution in [3.8, 4) is 5.75 Å². The number of para-hydroxylation sites is 1. The van der Waals surface area contributed by atoms with E-state index in [0.717, 1.165) is 9.26 Å². The van der Waals surface area contributed by atoms with E-state index in [2.05, 4.69) is 27.9 Å². The van der Waals surface area contributed by atoms with E-state index in [4.69, 9.17) is 9.84 Å². The number of ether oxygens (including phenoxy) is 1. The third-order valence-electron chi connectivity index (χ3n) is 2.66. The molecule has 0 saturated carbocycles. The third-order valence-corrected chi connectivity index (χ3v) is 3.60. The van der Waals surface area contributed by atoms with Crippen LogP contribution in [0.25, 0.3) is 0 Å². The minimum Gasteiger partial charge on any atom is -0.492 e. The summed E-state index contributed by atoms with van der Waals surface area (Å²) in [6.07, 6.45) is 0. The van der Waals surface area contributed by atoms with E-state index >= 15 is 0 Å². The normalized spacial score (nSPS) is 10.1. The average Bonchev–Trinajstić information content (AvgIpc) is 2.46. The standard InChI is InChI=1S/C15H14INO3/c16-13-3-1-2-4-14(13)17-9-10-20-12-7-5-11(6-8-12)15(18)19/h1-8,17H,9-10H2,(H,18,19). The van der Waals surface area contributed by atoms with Crippen LogP contribution in [0.5, 0.6) is 5.75 Å². The number of hydrogen-bond acceptors (Lipinski definition) is 3. The molecule has 5 heteroatoms. The quantitative estimate of drug-likeness (QED) is 0.593. The van der Waals surface area contributed by atoms with Crippen molar-refractivity contribution < 1.29 is 14.6 Å². The second-order valence-corrected chi connectivity index (χ2v) is 5.25. The molecule has 0 heterocycles. The minimum atomic E-state index is -0.933. The molecule has 0 unspecified atom stereocenters. The molecular formula is C15H14INO3. The van der Waals surface area contributed by atoms with Crippen LogP contribution in [0.3, 0.4) is 0 Å². The molecule has 2 rings (SSSR count). The maximum absolute atomic E-state index is 10.7. The fourth-order valence-electron chi connectivity index (χ4n) is 1.65. The first-order valence-corrected chi connectivity index (χ1v) is 7.19. The van der Waals surface area contributed by atoms with E-state index in [0.29, 0.717) is 18.9 Å². The molecule has 2 aromatic rings. The Hall–Kier alpha value is -1.76. The third kappa shape index (κ3) is 4.12. The summed E-state index contributed by atoms with van der Waals surface area (Å²) in [5.74, 6) is -0.267. The van der Waals surface area contributed by atoms with Gasteiger partial charge < -0.3 is 15.2 Å². The first-order chi connectivity index (χ1) is 9.66. The predicted molar refractivity (Wildman–Crippen MR) is 86.5 cm³/mol. The Morgan fingerprint density at radius 2 is 1.85 bits per heavy atom. The molecule has 0 aliphatic heterocycles. The minimum absolute atomic E-state index is 0.259. The topological polar surface area (TPSA) is 58.6 Å². The Balaban J connectivity index is 1.79. The van der Waals surface area contributed by atoms with Crippen LogP contribution >= 0.6 is 22.6 Å². The van der Waals surface area contributed by atoms with E-state index in [9.17, 15) is 4.79 Å². The largest absolute Gasteiger partial charge is 0.492 e.